The monoisotopic (exact) mass is 380 g/mol. The summed E-state index contributed by atoms with van der Waals surface area (Å²) in [5.74, 6) is 0.689. The molecule has 0 unspecified atom stereocenters. The zero-order chi connectivity index (χ0) is 19.8. The first-order valence-electron chi connectivity index (χ1n) is 9.08. The van der Waals surface area contributed by atoms with Gasteiger partial charge in [-0.25, -0.2) is 9.97 Å². The summed E-state index contributed by atoms with van der Waals surface area (Å²) >= 11 is 0. The number of carbonyl (C=O) groups is 1. The Balaban J connectivity index is 1.64. The topological polar surface area (TPSA) is 131 Å². The summed E-state index contributed by atoms with van der Waals surface area (Å²) in [5.41, 5.74) is 8.35. The first kappa shape index (κ1) is 17.9. The number of hydrogen-bond acceptors (Lipinski definition) is 6. The number of primary amides is 1. The second kappa shape index (κ2) is 6.91. The maximum absolute atomic E-state index is 11.9. The average molecular weight is 380 g/mol. The predicted molar refractivity (Wildman–Crippen MR) is 104 cm³/mol. The number of amides is 1. The van der Waals surface area contributed by atoms with Gasteiger partial charge in [0.2, 0.25) is 0 Å². The van der Waals surface area contributed by atoms with Crippen LogP contribution in [0, 0.1) is 17.0 Å². The number of aromatic nitrogens is 3. The zero-order valence-corrected chi connectivity index (χ0v) is 15.4. The molecule has 1 aromatic carbocycles. The van der Waals surface area contributed by atoms with E-state index in [1.165, 1.54) is 6.07 Å². The van der Waals surface area contributed by atoms with Crippen molar-refractivity contribution < 1.29 is 9.72 Å². The van der Waals surface area contributed by atoms with Crippen LogP contribution >= 0.6 is 0 Å². The van der Waals surface area contributed by atoms with E-state index in [0.717, 1.165) is 41.5 Å². The third-order valence-corrected chi connectivity index (χ3v) is 5.09. The summed E-state index contributed by atoms with van der Waals surface area (Å²) in [5, 5.41) is 11.0. The lowest BCUT2D eigenvalue weighted by atomic mass is 9.97. The SMILES string of the molecule is Cc1ccc2nc([C@H]3CCCN(c4ncc([N+](=O)[O-])cc4C(N)=O)C3)[nH]c2c1. The second-order valence-electron chi connectivity index (χ2n) is 7.11. The molecule has 2 aromatic heterocycles. The Hall–Kier alpha value is -3.49. The minimum Gasteiger partial charge on any atom is -0.365 e. The molecule has 9 nitrogen and oxygen atoms in total. The van der Waals surface area contributed by atoms with Crippen molar-refractivity contribution in [2.24, 2.45) is 5.73 Å². The van der Waals surface area contributed by atoms with Gasteiger partial charge in [0, 0.05) is 25.1 Å². The van der Waals surface area contributed by atoms with Gasteiger partial charge < -0.3 is 15.6 Å². The number of aromatic amines is 1. The quantitative estimate of drug-likeness (QED) is 0.528. The number of carbonyl (C=O) groups excluding carboxylic acids is 1. The summed E-state index contributed by atoms with van der Waals surface area (Å²) in [6.07, 6.45) is 3.00. The fourth-order valence-electron chi connectivity index (χ4n) is 3.71. The number of nitrogens with zero attached hydrogens (tertiary/aromatic N) is 4. The molecule has 0 spiro atoms. The van der Waals surface area contributed by atoms with Crippen molar-refractivity contribution in [2.45, 2.75) is 25.7 Å². The van der Waals surface area contributed by atoms with Crippen LogP contribution in [0.1, 0.15) is 40.5 Å². The number of pyridine rings is 1. The Bertz CT molecular complexity index is 1080. The van der Waals surface area contributed by atoms with Crippen LogP contribution in [0.15, 0.2) is 30.5 Å². The number of benzene rings is 1. The minimum absolute atomic E-state index is 0.0649. The van der Waals surface area contributed by atoms with Crippen LogP contribution < -0.4 is 10.6 Å². The number of piperidine rings is 1. The van der Waals surface area contributed by atoms with Crippen LogP contribution in [-0.2, 0) is 0 Å². The fourth-order valence-corrected chi connectivity index (χ4v) is 3.71. The fraction of sp³-hybridized carbons (Fsp3) is 0.316. The van der Waals surface area contributed by atoms with Crippen molar-refractivity contribution in [3.8, 4) is 0 Å². The van der Waals surface area contributed by atoms with Crippen LogP contribution in [0.2, 0.25) is 0 Å². The standard InChI is InChI=1S/C19H20N6O3/c1-11-4-5-15-16(7-11)23-18(22-15)12-3-2-6-24(10-12)19-14(17(20)26)8-13(9-21-19)25(27)28/h4-5,7-9,12H,2-3,6,10H2,1H3,(H2,20,26)(H,22,23)/t12-/m0/s1. The molecule has 28 heavy (non-hydrogen) atoms. The van der Waals surface area contributed by atoms with Gasteiger partial charge in [-0.1, -0.05) is 6.07 Å². The molecule has 3 heterocycles. The second-order valence-corrected chi connectivity index (χ2v) is 7.11. The maximum Gasteiger partial charge on any atom is 0.288 e. The number of nitrogens with one attached hydrogen (secondary N) is 1. The summed E-state index contributed by atoms with van der Waals surface area (Å²) in [6.45, 7) is 3.33. The van der Waals surface area contributed by atoms with Crippen LogP contribution in [0.3, 0.4) is 0 Å². The van der Waals surface area contributed by atoms with E-state index < -0.39 is 10.8 Å². The molecule has 4 rings (SSSR count). The number of imidazole rings is 1. The Labute approximate surface area is 160 Å². The molecule has 0 aliphatic carbocycles. The van der Waals surface area contributed by atoms with E-state index in [-0.39, 0.29) is 17.2 Å². The molecule has 3 aromatic rings. The van der Waals surface area contributed by atoms with E-state index in [1.54, 1.807) is 0 Å². The number of anilines is 1. The van der Waals surface area contributed by atoms with Gasteiger partial charge in [0.05, 0.1) is 21.5 Å². The van der Waals surface area contributed by atoms with Gasteiger partial charge >= 0.3 is 0 Å². The number of aryl methyl sites for hydroxylation is 1. The Morgan fingerprint density at radius 3 is 2.96 bits per heavy atom. The highest BCUT2D eigenvalue weighted by atomic mass is 16.6. The van der Waals surface area contributed by atoms with E-state index in [0.29, 0.717) is 18.9 Å². The Morgan fingerprint density at radius 2 is 2.21 bits per heavy atom. The molecule has 144 valence electrons. The Morgan fingerprint density at radius 1 is 1.39 bits per heavy atom. The predicted octanol–water partition coefficient (Wildman–Crippen LogP) is 2.66. The molecule has 1 aliphatic rings. The van der Waals surface area contributed by atoms with Crippen molar-refractivity contribution in [2.75, 3.05) is 18.0 Å². The average Bonchev–Trinajstić information content (AvgIpc) is 3.10. The van der Waals surface area contributed by atoms with Gasteiger partial charge in [-0.2, -0.15) is 0 Å². The molecular formula is C19H20N6O3. The highest BCUT2D eigenvalue weighted by Crippen LogP contribution is 2.31. The van der Waals surface area contributed by atoms with Crippen molar-refractivity contribution >= 4 is 28.4 Å². The van der Waals surface area contributed by atoms with E-state index in [2.05, 4.69) is 16.0 Å². The number of rotatable bonds is 4. The zero-order valence-electron chi connectivity index (χ0n) is 15.4. The van der Waals surface area contributed by atoms with E-state index in [4.69, 9.17) is 10.7 Å². The summed E-state index contributed by atoms with van der Waals surface area (Å²) in [7, 11) is 0. The van der Waals surface area contributed by atoms with E-state index >= 15 is 0 Å². The van der Waals surface area contributed by atoms with Crippen molar-refractivity contribution in [1.82, 2.24) is 15.0 Å². The van der Waals surface area contributed by atoms with Crippen LogP contribution in [0.25, 0.3) is 11.0 Å². The van der Waals surface area contributed by atoms with Gasteiger partial charge in [-0.15, -0.1) is 0 Å². The van der Waals surface area contributed by atoms with Gasteiger partial charge in [0.25, 0.3) is 11.6 Å². The number of nitro groups is 1. The van der Waals surface area contributed by atoms with E-state index in [1.807, 2.05) is 24.0 Å². The highest BCUT2D eigenvalue weighted by Gasteiger charge is 2.28. The maximum atomic E-state index is 11.9. The number of hydrogen-bond donors (Lipinski definition) is 2. The van der Waals surface area contributed by atoms with Crippen molar-refractivity contribution in [3.63, 3.8) is 0 Å². The van der Waals surface area contributed by atoms with Gasteiger partial charge in [-0.3, -0.25) is 14.9 Å². The largest absolute Gasteiger partial charge is 0.365 e. The number of fused-ring (bicyclic) bond motifs is 1. The summed E-state index contributed by atoms with van der Waals surface area (Å²) < 4.78 is 0. The molecule has 1 fully saturated rings. The van der Waals surface area contributed by atoms with Crippen molar-refractivity contribution in [1.29, 1.82) is 0 Å². The lowest BCUT2D eigenvalue weighted by Crippen LogP contribution is -2.36. The molecule has 3 N–H and O–H groups in total. The lowest BCUT2D eigenvalue weighted by Gasteiger charge is -2.33. The molecule has 1 atom stereocenters. The Kier molecular flexibility index (Phi) is 4.42. The number of nitrogens with two attached hydrogens (primary N) is 1. The molecule has 0 radical (unpaired) electrons. The highest BCUT2D eigenvalue weighted by molar-refractivity contribution is 5.98. The molecule has 1 saturated heterocycles. The lowest BCUT2D eigenvalue weighted by molar-refractivity contribution is -0.385. The molecule has 1 aliphatic heterocycles. The third kappa shape index (κ3) is 3.26. The summed E-state index contributed by atoms with van der Waals surface area (Å²) in [4.78, 5) is 36.5. The smallest absolute Gasteiger partial charge is 0.288 e. The minimum atomic E-state index is -0.729. The van der Waals surface area contributed by atoms with E-state index in [9.17, 15) is 14.9 Å². The molecule has 0 bridgehead atoms. The molecule has 0 saturated carbocycles. The summed E-state index contributed by atoms with van der Waals surface area (Å²) in [6, 6.07) is 7.28. The third-order valence-electron chi connectivity index (χ3n) is 5.09. The molecule has 1 amide bonds. The number of H-pyrrole nitrogens is 1. The first-order chi connectivity index (χ1) is 13.4. The normalized spacial score (nSPS) is 17.0. The van der Waals surface area contributed by atoms with Crippen LogP contribution in [0.5, 0.6) is 0 Å². The van der Waals surface area contributed by atoms with Crippen LogP contribution in [-0.4, -0.2) is 38.9 Å². The van der Waals surface area contributed by atoms with Gasteiger partial charge in [-0.05, 0) is 37.5 Å². The first-order valence-corrected chi connectivity index (χ1v) is 9.08. The van der Waals surface area contributed by atoms with Crippen LogP contribution in [0.4, 0.5) is 11.5 Å². The van der Waals surface area contributed by atoms with Crippen molar-refractivity contribution in [3.05, 3.63) is 57.5 Å². The molecular weight excluding hydrogens is 360 g/mol. The van der Waals surface area contributed by atoms with Gasteiger partial charge in [0.1, 0.15) is 17.8 Å². The van der Waals surface area contributed by atoms with Gasteiger partial charge in [0.15, 0.2) is 0 Å². The molecule has 9 heteroatoms.